The molecule has 0 radical (unpaired) electrons. The van der Waals surface area contributed by atoms with Gasteiger partial charge in [-0.15, -0.1) is 0 Å². The van der Waals surface area contributed by atoms with Crippen molar-refractivity contribution in [3.8, 4) is 17.2 Å². The maximum atomic E-state index is 11.9. The number of nitrogens with zero attached hydrogens (tertiary/aromatic N) is 2. The van der Waals surface area contributed by atoms with E-state index in [1.807, 2.05) is 6.92 Å². The fraction of sp³-hybridized carbons (Fsp3) is 0.385. The quantitative estimate of drug-likeness (QED) is 0.826. The first-order valence-electron chi connectivity index (χ1n) is 6.04. The van der Waals surface area contributed by atoms with Crippen LogP contribution < -0.4 is 0 Å². The lowest BCUT2D eigenvalue weighted by Crippen LogP contribution is -2.07. The number of halogens is 2. The third-order valence-corrected chi connectivity index (χ3v) is 2.56. The molecule has 1 aromatic carbocycles. The normalized spacial score (nSPS) is 11.2. The fourth-order valence-corrected chi connectivity index (χ4v) is 1.62. The number of aromatic hydroxyl groups is 1. The predicted octanol–water partition coefficient (Wildman–Crippen LogP) is 2.57. The minimum absolute atomic E-state index is 0.0414. The summed E-state index contributed by atoms with van der Waals surface area (Å²) >= 11 is 0. The molecule has 0 aliphatic heterocycles. The second kappa shape index (κ2) is 6.42. The van der Waals surface area contributed by atoms with E-state index in [0.29, 0.717) is 11.4 Å². The van der Waals surface area contributed by atoms with Gasteiger partial charge in [0.25, 0.3) is 12.3 Å². The molecule has 2 aromatic rings. The Morgan fingerprint density at radius 2 is 2.20 bits per heavy atom. The molecule has 20 heavy (non-hydrogen) atoms. The maximum absolute atomic E-state index is 11.9. The molecule has 5 nitrogen and oxygen atoms in total. The van der Waals surface area contributed by atoms with Gasteiger partial charge < -0.3 is 14.4 Å². The van der Waals surface area contributed by atoms with Crippen molar-refractivity contribution in [2.45, 2.75) is 19.8 Å². The monoisotopic (exact) mass is 284 g/mol. The molecule has 0 fully saturated rings. The molecule has 0 spiro atoms. The largest absolute Gasteiger partial charge is 0.507 e. The van der Waals surface area contributed by atoms with Crippen LogP contribution in [-0.2, 0) is 11.2 Å². The first-order chi connectivity index (χ1) is 9.56. The third-order valence-electron chi connectivity index (χ3n) is 2.56. The Kier molecular flexibility index (Phi) is 4.62. The lowest BCUT2D eigenvalue weighted by Gasteiger charge is -2.00. The summed E-state index contributed by atoms with van der Waals surface area (Å²) in [5.74, 6) is 0.574. The first-order valence-corrected chi connectivity index (χ1v) is 6.04. The summed E-state index contributed by atoms with van der Waals surface area (Å²) in [4.78, 5) is 4.09. The Morgan fingerprint density at radius 1 is 1.40 bits per heavy atom. The number of rotatable bonds is 6. The molecule has 0 amide bonds. The van der Waals surface area contributed by atoms with Crippen molar-refractivity contribution in [1.29, 1.82) is 0 Å². The zero-order chi connectivity index (χ0) is 14.5. The molecule has 0 atom stereocenters. The highest BCUT2D eigenvalue weighted by molar-refractivity contribution is 5.62. The van der Waals surface area contributed by atoms with Gasteiger partial charge in [0, 0.05) is 6.42 Å². The van der Waals surface area contributed by atoms with Crippen molar-refractivity contribution in [3.63, 3.8) is 0 Å². The lowest BCUT2D eigenvalue weighted by atomic mass is 10.1. The summed E-state index contributed by atoms with van der Waals surface area (Å²) in [6.07, 6.45) is -2.22. The lowest BCUT2D eigenvalue weighted by molar-refractivity contribution is 0.0182. The molecule has 0 aliphatic rings. The van der Waals surface area contributed by atoms with E-state index >= 15 is 0 Å². The number of ether oxygens (including phenoxy) is 1. The molecular formula is C13H14F2N2O3. The highest BCUT2D eigenvalue weighted by atomic mass is 19.3. The molecule has 0 aliphatic carbocycles. The zero-order valence-electron chi connectivity index (χ0n) is 10.8. The molecule has 0 unspecified atom stereocenters. The summed E-state index contributed by atoms with van der Waals surface area (Å²) < 4.78 is 33.5. The van der Waals surface area contributed by atoms with Crippen molar-refractivity contribution in [2.75, 3.05) is 13.2 Å². The molecule has 1 N–H and O–H groups in total. The van der Waals surface area contributed by atoms with E-state index in [1.165, 1.54) is 0 Å². The van der Waals surface area contributed by atoms with Crippen LogP contribution >= 0.6 is 0 Å². The van der Waals surface area contributed by atoms with Gasteiger partial charge in [-0.1, -0.05) is 16.8 Å². The van der Waals surface area contributed by atoms with Crippen molar-refractivity contribution < 1.29 is 23.1 Å². The molecule has 2 rings (SSSR count). The number of aryl methyl sites for hydroxylation is 1. The zero-order valence-corrected chi connectivity index (χ0v) is 10.8. The summed E-state index contributed by atoms with van der Waals surface area (Å²) in [6, 6.07) is 5.02. The number of aromatic nitrogens is 2. The van der Waals surface area contributed by atoms with E-state index in [1.54, 1.807) is 18.2 Å². The Balaban J connectivity index is 2.00. The summed E-state index contributed by atoms with van der Waals surface area (Å²) in [6.45, 7) is 1.35. The Morgan fingerprint density at radius 3 is 2.95 bits per heavy atom. The topological polar surface area (TPSA) is 68.4 Å². The van der Waals surface area contributed by atoms with E-state index in [4.69, 9.17) is 9.26 Å². The fourth-order valence-electron chi connectivity index (χ4n) is 1.62. The minimum Gasteiger partial charge on any atom is -0.507 e. The van der Waals surface area contributed by atoms with Crippen LogP contribution in [0.1, 0.15) is 11.4 Å². The van der Waals surface area contributed by atoms with Crippen molar-refractivity contribution in [2.24, 2.45) is 0 Å². The molecule has 0 bridgehead atoms. The molecule has 0 saturated heterocycles. The van der Waals surface area contributed by atoms with E-state index in [2.05, 4.69) is 10.1 Å². The first kappa shape index (κ1) is 14.4. The van der Waals surface area contributed by atoms with Gasteiger partial charge in [-0.25, -0.2) is 8.78 Å². The van der Waals surface area contributed by atoms with Crippen molar-refractivity contribution in [3.05, 3.63) is 29.6 Å². The van der Waals surface area contributed by atoms with Crippen LogP contribution in [0, 0.1) is 6.92 Å². The van der Waals surface area contributed by atoms with E-state index < -0.39 is 13.0 Å². The van der Waals surface area contributed by atoms with Crippen LogP contribution in [0.5, 0.6) is 5.75 Å². The van der Waals surface area contributed by atoms with Crippen LogP contribution in [0.4, 0.5) is 8.78 Å². The van der Waals surface area contributed by atoms with Gasteiger partial charge in [-0.3, -0.25) is 0 Å². The van der Waals surface area contributed by atoms with Gasteiger partial charge in [-0.05, 0) is 19.1 Å². The average molecular weight is 284 g/mol. The Hall–Kier alpha value is -2.02. The molecular weight excluding hydrogens is 270 g/mol. The number of benzene rings is 1. The highest BCUT2D eigenvalue weighted by Crippen LogP contribution is 2.28. The summed E-state index contributed by atoms with van der Waals surface area (Å²) in [5, 5.41) is 13.5. The molecule has 0 saturated carbocycles. The molecule has 1 heterocycles. The molecule has 7 heteroatoms. The van der Waals surface area contributed by atoms with Crippen LogP contribution in [-0.4, -0.2) is 34.9 Å². The molecule has 108 valence electrons. The number of hydrogen-bond donors (Lipinski definition) is 1. The van der Waals surface area contributed by atoms with Crippen LogP contribution in [0.25, 0.3) is 11.5 Å². The second-order valence-electron chi connectivity index (χ2n) is 4.25. The predicted molar refractivity (Wildman–Crippen MR) is 66.7 cm³/mol. The average Bonchev–Trinajstić information content (AvgIpc) is 2.86. The number of phenols is 1. The number of hydrogen-bond acceptors (Lipinski definition) is 5. The highest BCUT2D eigenvalue weighted by Gasteiger charge is 2.13. The van der Waals surface area contributed by atoms with E-state index in [9.17, 15) is 13.9 Å². The van der Waals surface area contributed by atoms with Crippen molar-refractivity contribution in [1.82, 2.24) is 10.1 Å². The van der Waals surface area contributed by atoms with Crippen LogP contribution in [0.3, 0.4) is 0 Å². The van der Waals surface area contributed by atoms with Gasteiger partial charge in [-0.2, -0.15) is 4.98 Å². The van der Waals surface area contributed by atoms with Crippen LogP contribution in [0.2, 0.25) is 0 Å². The van der Waals surface area contributed by atoms with Crippen LogP contribution in [0.15, 0.2) is 22.7 Å². The van der Waals surface area contributed by atoms with Gasteiger partial charge in [0.1, 0.15) is 12.4 Å². The van der Waals surface area contributed by atoms with Crippen molar-refractivity contribution >= 4 is 0 Å². The molecule has 1 aromatic heterocycles. The SMILES string of the molecule is Cc1ccc(O)c(-c2nc(CCOCC(F)F)no2)c1. The number of phenolic OH excluding ortho intramolecular Hbond substituents is 1. The maximum Gasteiger partial charge on any atom is 0.261 e. The summed E-state index contributed by atoms with van der Waals surface area (Å²) in [5.41, 5.74) is 1.38. The van der Waals surface area contributed by atoms with Gasteiger partial charge in [0.2, 0.25) is 0 Å². The standard InChI is InChI=1S/C13H14F2N2O3/c1-8-2-3-10(18)9(6-8)13-16-12(17-20-13)4-5-19-7-11(14)15/h2-3,6,11,18H,4-5,7H2,1H3. The van der Waals surface area contributed by atoms with Gasteiger partial charge in [0.05, 0.1) is 12.2 Å². The Bertz CT molecular complexity index is 572. The second-order valence-corrected chi connectivity index (χ2v) is 4.25. The van der Waals surface area contributed by atoms with E-state index in [0.717, 1.165) is 5.56 Å². The number of alkyl halides is 2. The Labute approximate surface area is 114 Å². The van der Waals surface area contributed by atoms with E-state index in [-0.39, 0.29) is 24.7 Å². The smallest absolute Gasteiger partial charge is 0.261 e. The third kappa shape index (κ3) is 3.74. The van der Waals surface area contributed by atoms with Gasteiger partial charge in [0.15, 0.2) is 5.82 Å². The minimum atomic E-state index is -2.49. The summed E-state index contributed by atoms with van der Waals surface area (Å²) in [7, 11) is 0. The van der Waals surface area contributed by atoms with Gasteiger partial charge >= 0.3 is 0 Å².